The van der Waals surface area contributed by atoms with E-state index in [0.717, 1.165) is 12.8 Å². The van der Waals surface area contributed by atoms with E-state index in [0.29, 0.717) is 30.6 Å². The second kappa shape index (κ2) is 9.13. The Morgan fingerprint density at radius 3 is 1.43 bits per heavy atom. The molecule has 2 nitrogen and oxygen atoms in total. The summed E-state index contributed by atoms with van der Waals surface area (Å²) in [6.07, 6.45) is -8.05. The lowest BCUT2D eigenvalue weighted by Crippen LogP contribution is -2.62. The smallest absolute Gasteiger partial charge is 0.341 e. The number of hydrogen-bond acceptors (Lipinski definition) is 1. The van der Waals surface area contributed by atoms with E-state index >= 15 is 0 Å². The maximum absolute atomic E-state index is 13.0. The lowest BCUT2D eigenvalue weighted by atomic mass is 10.1. The van der Waals surface area contributed by atoms with Crippen molar-refractivity contribution in [3.8, 4) is 0 Å². The van der Waals surface area contributed by atoms with Crippen LogP contribution in [0.4, 0.5) is 26.3 Å². The van der Waals surface area contributed by atoms with Crippen LogP contribution in [0.15, 0.2) is 0 Å². The minimum atomic E-state index is -5.77. The number of carbonyl (C=O) groups excluding carboxylic acids is 1. The van der Waals surface area contributed by atoms with Crippen LogP contribution in [0.2, 0.25) is 0 Å². The predicted molar refractivity (Wildman–Crippen MR) is 79.4 cm³/mol. The van der Waals surface area contributed by atoms with Crippen LogP contribution in [0.5, 0.6) is 0 Å². The molecule has 0 aromatic rings. The fourth-order valence-corrected chi connectivity index (χ4v) is 2.29. The number of rotatable bonds is 9. The molecule has 1 amide bonds. The van der Waals surface area contributed by atoms with Gasteiger partial charge in [0.2, 0.25) is 0 Å². The topological polar surface area (TPSA) is 20.3 Å². The third kappa shape index (κ3) is 5.83. The summed E-state index contributed by atoms with van der Waals surface area (Å²) in [6.45, 7) is 3.47. The molecule has 0 saturated heterocycles. The van der Waals surface area contributed by atoms with E-state index in [1.807, 2.05) is 13.8 Å². The zero-order valence-corrected chi connectivity index (χ0v) is 14.7. The van der Waals surface area contributed by atoms with E-state index in [4.69, 9.17) is 0 Å². The SMILES string of the molecule is CCCCCN(CCCCC)C(=O)C(Br)(C(F)(F)F)C(F)(F)F. The number of amides is 1. The van der Waals surface area contributed by atoms with Gasteiger partial charge in [-0.1, -0.05) is 55.5 Å². The average molecular weight is 414 g/mol. The highest BCUT2D eigenvalue weighted by atomic mass is 79.9. The van der Waals surface area contributed by atoms with Crippen molar-refractivity contribution in [1.29, 1.82) is 0 Å². The number of unbranched alkanes of at least 4 members (excludes halogenated alkanes) is 4. The predicted octanol–water partition coefficient (Wildman–Crippen LogP) is 5.45. The van der Waals surface area contributed by atoms with Gasteiger partial charge in [-0.15, -0.1) is 0 Å². The van der Waals surface area contributed by atoms with Crippen LogP contribution in [-0.4, -0.2) is 40.6 Å². The summed E-state index contributed by atoms with van der Waals surface area (Å²) in [5.41, 5.74) is 0. The van der Waals surface area contributed by atoms with E-state index in [2.05, 4.69) is 0 Å². The monoisotopic (exact) mass is 413 g/mol. The van der Waals surface area contributed by atoms with Gasteiger partial charge in [0, 0.05) is 13.1 Å². The summed E-state index contributed by atoms with van der Waals surface area (Å²) < 4.78 is 73.3. The summed E-state index contributed by atoms with van der Waals surface area (Å²) in [6, 6.07) is 0. The zero-order chi connectivity index (χ0) is 18.3. The van der Waals surface area contributed by atoms with Gasteiger partial charge < -0.3 is 4.90 Å². The van der Waals surface area contributed by atoms with Crippen molar-refractivity contribution < 1.29 is 31.1 Å². The molecule has 0 spiro atoms. The average Bonchev–Trinajstić information content (AvgIpc) is 2.42. The van der Waals surface area contributed by atoms with E-state index in [-0.39, 0.29) is 13.1 Å². The Balaban J connectivity index is 5.40. The van der Waals surface area contributed by atoms with Crippen molar-refractivity contribution in [1.82, 2.24) is 4.90 Å². The molecule has 0 aromatic carbocycles. The molecule has 0 bridgehead atoms. The van der Waals surface area contributed by atoms with E-state index in [1.54, 1.807) is 15.9 Å². The van der Waals surface area contributed by atoms with Crippen LogP contribution in [0.25, 0.3) is 0 Å². The minimum absolute atomic E-state index is 0.115. The molecule has 0 N–H and O–H groups in total. The number of nitrogens with zero attached hydrogens (tertiary/aromatic N) is 1. The lowest BCUT2D eigenvalue weighted by molar-refractivity contribution is -0.258. The molecule has 138 valence electrons. The molecule has 0 unspecified atom stereocenters. The summed E-state index contributed by atoms with van der Waals surface area (Å²) in [7, 11) is 0. The molecule has 0 aromatic heterocycles. The first-order valence-electron chi connectivity index (χ1n) is 7.55. The molecule has 0 aliphatic heterocycles. The maximum atomic E-state index is 13.0. The molecule has 0 fully saturated rings. The molecule has 0 rings (SSSR count). The molecule has 0 saturated carbocycles. The molecule has 0 aliphatic carbocycles. The summed E-state index contributed by atoms with van der Waals surface area (Å²) in [5, 5.41) is 0. The van der Waals surface area contributed by atoms with E-state index < -0.39 is 22.6 Å². The molecule has 0 radical (unpaired) electrons. The highest BCUT2D eigenvalue weighted by Crippen LogP contribution is 2.50. The van der Waals surface area contributed by atoms with Gasteiger partial charge in [0.15, 0.2) is 0 Å². The van der Waals surface area contributed by atoms with Crippen LogP contribution < -0.4 is 0 Å². The van der Waals surface area contributed by atoms with Gasteiger partial charge in [-0.3, -0.25) is 4.79 Å². The summed E-state index contributed by atoms with van der Waals surface area (Å²) in [4.78, 5) is 12.8. The van der Waals surface area contributed by atoms with Crippen molar-refractivity contribution in [3.05, 3.63) is 0 Å². The summed E-state index contributed by atoms with van der Waals surface area (Å²) >= 11 is 1.67. The Morgan fingerprint density at radius 2 is 1.17 bits per heavy atom. The number of halogens is 7. The van der Waals surface area contributed by atoms with Crippen molar-refractivity contribution in [2.45, 2.75) is 69.0 Å². The molecule has 0 aliphatic rings. The first-order valence-corrected chi connectivity index (χ1v) is 8.34. The highest BCUT2D eigenvalue weighted by Gasteiger charge is 2.75. The second-order valence-electron chi connectivity index (χ2n) is 5.36. The van der Waals surface area contributed by atoms with E-state index in [1.165, 1.54) is 0 Å². The zero-order valence-electron chi connectivity index (χ0n) is 13.2. The van der Waals surface area contributed by atoms with Crippen LogP contribution >= 0.6 is 15.9 Å². The Hall–Kier alpha value is -0.470. The Labute approximate surface area is 140 Å². The maximum Gasteiger partial charge on any atom is 0.421 e. The highest BCUT2D eigenvalue weighted by molar-refractivity contribution is 9.10. The molecule has 0 atom stereocenters. The number of alkyl halides is 7. The second-order valence-corrected chi connectivity index (χ2v) is 6.55. The Kier molecular flexibility index (Phi) is 8.94. The van der Waals surface area contributed by atoms with Crippen molar-refractivity contribution in [3.63, 3.8) is 0 Å². The molecule has 9 heteroatoms. The minimum Gasteiger partial charge on any atom is -0.341 e. The number of hydrogen-bond donors (Lipinski definition) is 0. The first kappa shape index (κ1) is 22.5. The van der Waals surface area contributed by atoms with Crippen LogP contribution in [-0.2, 0) is 4.79 Å². The standard InChI is InChI=1S/C14H22BrF6NO/c1-3-5-7-9-22(10-8-6-4-2)11(23)12(15,13(16,17)18)14(19,20)21/h3-10H2,1-2H3. The van der Waals surface area contributed by atoms with Gasteiger partial charge in [-0.25, -0.2) is 0 Å². The van der Waals surface area contributed by atoms with Crippen LogP contribution in [0.3, 0.4) is 0 Å². The van der Waals surface area contributed by atoms with Crippen molar-refractivity contribution >= 4 is 21.8 Å². The van der Waals surface area contributed by atoms with Crippen LogP contribution in [0, 0.1) is 0 Å². The quantitative estimate of drug-likeness (QED) is 0.279. The van der Waals surface area contributed by atoms with Gasteiger partial charge in [0.05, 0.1) is 0 Å². The largest absolute Gasteiger partial charge is 0.421 e. The van der Waals surface area contributed by atoms with Gasteiger partial charge >= 0.3 is 12.4 Å². The van der Waals surface area contributed by atoms with Gasteiger partial charge in [-0.2, -0.15) is 26.3 Å². The normalized spacial score (nSPS) is 13.3. The number of carbonyl (C=O) groups is 1. The third-order valence-electron chi connectivity index (χ3n) is 3.43. The fourth-order valence-electron chi connectivity index (χ4n) is 2.04. The third-order valence-corrected chi connectivity index (χ3v) is 4.66. The van der Waals surface area contributed by atoms with Crippen molar-refractivity contribution in [2.24, 2.45) is 0 Å². The molecular formula is C14H22BrF6NO. The van der Waals surface area contributed by atoms with E-state index in [9.17, 15) is 31.1 Å². The Bertz CT molecular complexity index is 345. The van der Waals surface area contributed by atoms with Gasteiger partial charge in [0.25, 0.3) is 10.2 Å². The fraction of sp³-hybridized carbons (Fsp3) is 0.929. The molecular weight excluding hydrogens is 392 g/mol. The summed E-state index contributed by atoms with van der Waals surface area (Å²) in [5.74, 6) is -1.98. The lowest BCUT2D eigenvalue weighted by Gasteiger charge is -2.35. The van der Waals surface area contributed by atoms with Gasteiger partial charge in [0.1, 0.15) is 0 Å². The van der Waals surface area contributed by atoms with Gasteiger partial charge in [-0.05, 0) is 12.8 Å². The van der Waals surface area contributed by atoms with Crippen LogP contribution in [0.1, 0.15) is 52.4 Å². The van der Waals surface area contributed by atoms with Crippen molar-refractivity contribution in [2.75, 3.05) is 13.1 Å². The molecule has 23 heavy (non-hydrogen) atoms. The molecule has 0 heterocycles. The first-order chi connectivity index (χ1) is 10.4. The Morgan fingerprint density at radius 1 is 0.826 bits per heavy atom.